The Morgan fingerprint density at radius 1 is 0.705 bits per heavy atom. The second-order valence-electron chi connectivity index (χ2n) is 14.8. The maximum Gasteiger partial charge on any atom is 0.0593 e. The van der Waals surface area contributed by atoms with Crippen molar-refractivity contribution < 1.29 is 0 Å². The Labute approximate surface area is 261 Å². The van der Waals surface area contributed by atoms with Crippen molar-refractivity contribution in [3.8, 4) is 0 Å². The summed E-state index contributed by atoms with van der Waals surface area (Å²) in [5.74, 6) is 0.978. The van der Waals surface area contributed by atoms with Crippen LogP contribution in [0.1, 0.15) is 59.8 Å². The van der Waals surface area contributed by atoms with E-state index in [0.29, 0.717) is 17.9 Å². The summed E-state index contributed by atoms with van der Waals surface area (Å²) in [7, 11) is 0. The number of rotatable bonds is 2. The average Bonchev–Trinajstić information content (AvgIpc) is 3.39. The maximum atomic E-state index is 2.79. The molecule has 0 N–H and O–H groups in total. The Bertz CT molecular complexity index is 1950. The minimum absolute atomic E-state index is 0.132. The highest BCUT2D eigenvalue weighted by atomic mass is 15.2. The molecule has 0 saturated carbocycles. The predicted molar refractivity (Wildman–Crippen MR) is 185 cm³/mol. The molecule has 0 bridgehead atoms. The predicted octanol–water partition coefficient (Wildman–Crippen LogP) is 10.7. The zero-order chi connectivity index (χ0) is 29.8. The first-order valence-electron chi connectivity index (χ1n) is 16.7. The Balaban J connectivity index is 1.12. The summed E-state index contributed by atoms with van der Waals surface area (Å²) in [6.45, 7) is 10.1. The molecule has 9 rings (SSSR count). The largest absolute Gasteiger partial charge is 0.337 e. The van der Waals surface area contributed by atoms with Gasteiger partial charge in [0.05, 0.1) is 17.1 Å². The van der Waals surface area contributed by atoms with Gasteiger partial charge < -0.3 is 9.47 Å². The van der Waals surface area contributed by atoms with E-state index in [0.717, 1.165) is 19.3 Å². The molecule has 2 heteroatoms. The molecule has 4 aliphatic carbocycles. The quantitative estimate of drug-likeness (QED) is 0.296. The first-order chi connectivity index (χ1) is 21.4. The minimum Gasteiger partial charge on any atom is -0.337 e. The molecule has 0 radical (unpaired) electrons. The van der Waals surface area contributed by atoms with E-state index in [1.165, 1.54) is 57.2 Å². The Hall–Kier alpha value is -4.04. The summed E-state index contributed by atoms with van der Waals surface area (Å²) in [5, 5.41) is 2.68. The highest BCUT2D eigenvalue weighted by molar-refractivity contribution is 6.10. The summed E-state index contributed by atoms with van der Waals surface area (Å²) in [4.78, 5) is 2.79. The summed E-state index contributed by atoms with van der Waals surface area (Å²) in [6, 6.07) is 18.1. The van der Waals surface area contributed by atoms with Gasteiger partial charge in [-0.05, 0) is 89.5 Å². The average molecular weight is 575 g/mol. The first kappa shape index (κ1) is 26.4. The first-order valence-corrected chi connectivity index (χ1v) is 16.7. The van der Waals surface area contributed by atoms with Gasteiger partial charge in [-0.1, -0.05) is 107 Å². The van der Waals surface area contributed by atoms with E-state index in [9.17, 15) is 0 Å². The van der Waals surface area contributed by atoms with Gasteiger partial charge in [-0.3, -0.25) is 0 Å². The van der Waals surface area contributed by atoms with Crippen LogP contribution in [0.5, 0.6) is 0 Å². The van der Waals surface area contributed by atoms with Gasteiger partial charge in [0, 0.05) is 39.7 Å². The molecule has 0 amide bonds. The Kier molecular flexibility index (Phi) is 5.54. The third-order valence-corrected chi connectivity index (χ3v) is 12.0. The maximum absolute atomic E-state index is 2.79. The fourth-order valence-corrected chi connectivity index (χ4v) is 9.68. The number of hydrogen-bond donors (Lipinski definition) is 0. The van der Waals surface area contributed by atoms with Crippen LogP contribution in [0.25, 0.3) is 27.5 Å². The lowest BCUT2D eigenvalue weighted by Gasteiger charge is -2.61. The van der Waals surface area contributed by atoms with Crippen LogP contribution in [0.4, 0.5) is 0 Å². The van der Waals surface area contributed by atoms with E-state index in [1.54, 1.807) is 16.8 Å². The van der Waals surface area contributed by atoms with E-state index >= 15 is 0 Å². The molecule has 6 aliphatic rings. The van der Waals surface area contributed by atoms with Crippen molar-refractivity contribution in [3.05, 3.63) is 137 Å². The molecule has 1 saturated heterocycles. The summed E-state index contributed by atoms with van der Waals surface area (Å²) < 4.78 is 2.50. The van der Waals surface area contributed by atoms with Crippen LogP contribution < -0.4 is 0 Å². The third kappa shape index (κ3) is 3.49. The summed E-state index contributed by atoms with van der Waals surface area (Å²) >= 11 is 0. The highest BCUT2D eigenvalue weighted by Crippen LogP contribution is 2.62. The standard InChI is InChI=1S/C42H42N2/c1-41(2)32-14-7-10-19-38(32)44-39-25-22-28(26-35(39)42(3,4)34-16-11-15-33(41)40(34)44)27-20-23-29(24-21-27)43-36-17-8-5-12-30(36)31-13-6-9-18-37(31)43/h5-10,12-15,17-20,22-23,25,32,35,38H,11,16,21,24,26H2,1-4H3. The monoisotopic (exact) mass is 574 g/mol. The van der Waals surface area contributed by atoms with Crippen LogP contribution in [0.15, 0.2) is 137 Å². The van der Waals surface area contributed by atoms with Crippen LogP contribution in [-0.4, -0.2) is 15.5 Å². The van der Waals surface area contributed by atoms with Gasteiger partial charge in [-0.15, -0.1) is 0 Å². The van der Waals surface area contributed by atoms with Crippen LogP contribution in [0, 0.1) is 22.7 Å². The zero-order valence-electron chi connectivity index (χ0n) is 26.5. The molecule has 3 aromatic rings. The van der Waals surface area contributed by atoms with E-state index in [1.807, 2.05) is 0 Å². The van der Waals surface area contributed by atoms with Gasteiger partial charge in [0.2, 0.25) is 0 Å². The lowest BCUT2D eigenvalue weighted by Crippen LogP contribution is -2.57. The van der Waals surface area contributed by atoms with Crippen molar-refractivity contribution in [2.45, 2.75) is 65.8 Å². The number of nitrogens with zero attached hydrogens (tertiary/aromatic N) is 2. The van der Waals surface area contributed by atoms with Gasteiger partial charge in [0.25, 0.3) is 0 Å². The van der Waals surface area contributed by atoms with E-state index in [2.05, 4.69) is 140 Å². The van der Waals surface area contributed by atoms with Crippen molar-refractivity contribution in [2.24, 2.45) is 22.7 Å². The van der Waals surface area contributed by atoms with Crippen molar-refractivity contribution in [3.63, 3.8) is 0 Å². The number of aromatic nitrogens is 1. The molecule has 3 heterocycles. The molecule has 0 spiro atoms. The van der Waals surface area contributed by atoms with Gasteiger partial charge in [-0.2, -0.15) is 0 Å². The molecular formula is C42H42N2. The molecule has 220 valence electrons. The highest BCUT2D eigenvalue weighted by Gasteiger charge is 2.55. The van der Waals surface area contributed by atoms with Crippen LogP contribution >= 0.6 is 0 Å². The summed E-state index contributed by atoms with van der Waals surface area (Å²) in [6.07, 6.45) is 27.5. The molecule has 3 atom stereocenters. The summed E-state index contributed by atoms with van der Waals surface area (Å²) in [5.41, 5.74) is 13.7. The van der Waals surface area contributed by atoms with Gasteiger partial charge >= 0.3 is 0 Å². The van der Waals surface area contributed by atoms with Gasteiger partial charge in [0.15, 0.2) is 0 Å². The van der Waals surface area contributed by atoms with E-state index < -0.39 is 0 Å². The number of para-hydroxylation sites is 2. The zero-order valence-corrected chi connectivity index (χ0v) is 26.5. The third-order valence-electron chi connectivity index (χ3n) is 12.0. The van der Waals surface area contributed by atoms with Gasteiger partial charge in [0.1, 0.15) is 0 Å². The Morgan fingerprint density at radius 2 is 1.41 bits per heavy atom. The molecule has 2 aliphatic heterocycles. The van der Waals surface area contributed by atoms with Crippen LogP contribution in [0.2, 0.25) is 0 Å². The normalized spacial score (nSPS) is 28.0. The number of hydrogen-bond acceptors (Lipinski definition) is 1. The molecule has 1 aromatic heterocycles. The molecule has 3 unspecified atom stereocenters. The van der Waals surface area contributed by atoms with Crippen molar-refractivity contribution >= 4 is 27.5 Å². The van der Waals surface area contributed by atoms with E-state index in [4.69, 9.17) is 0 Å². The SMILES string of the molecule is CC1(C)C2=C3C(=CCC2)C(C)(C)C2C=CC=CC2N3C2=CC=C(C3=CC=C(n4c5ccccc5c5ccccc54)CC3)CC21. The molecule has 2 aromatic carbocycles. The lowest BCUT2D eigenvalue weighted by atomic mass is 9.55. The molecule has 1 fully saturated rings. The van der Waals surface area contributed by atoms with Crippen molar-refractivity contribution in [1.82, 2.24) is 9.47 Å². The number of allylic oxidation sites excluding steroid dienone is 13. The second-order valence-corrected chi connectivity index (χ2v) is 14.8. The smallest absolute Gasteiger partial charge is 0.0593 e. The number of fused-ring (bicyclic) bond motifs is 7. The van der Waals surface area contributed by atoms with Crippen molar-refractivity contribution in [2.75, 3.05) is 0 Å². The second kappa shape index (κ2) is 9.24. The minimum atomic E-state index is 0.132. The van der Waals surface area contributed by atoms with Crippen molar-refractivity contribution in [1.29, 1.82) is 0 Å². The number of piperidine rings is 1. The molecular weight excluding hydrogens is 532 g/mol. The van der Waals surface area contributed by atoms with Crippen LogP contribution in [0.3, 0.4) is 0 Å². The van der Waals surface area contributed by atoms with Gasteiger partial charge in [-0.25, -0.2) is 0 Å². The molecule has 44 heavy (non-hydrogen) atoms. The fraction of sp³-hybridized carbons (Fsp3) is 0.333. The lowest BCUT2D eigenvalue weighted by molar-refractivity contribution is 0.103. The number of benzene rings is 2. The topological polar surface area (TPSA) is 8.17 Å². The van der Waals surface area contributed by atoms with Crippen LogP contribution in [-0.2, 0) is 0 Å². The molecule has 2 nitrogen and oxygen atoms in total. The van der Waals surface area contributed by atoms with E-state index in [-0.39, 0.29) is 10.8 Å². The Morgan fingerprint density at radius 3 is 2.14 bits per heavy atom. The fourth-order valence-electron chi connectivity index (χ4n) is 9.68.